The molecule has 7 heteroatoms. The van der Waals surface area contributed by atoms with Crippen LogP contribution >= 0.6 is 0 Å². The minimum Gasteiger partial charge on any atom is -0.465 e. The number of benzene rings is 1. The summed E-state index contributed by atoms with van der Waals surface area (Å²) in [5, 5.41) is 0.772. The van der Waals surface area contributed by atoms with Crippen molar-refractivity contribution >= 4 is 34.9 Å². The number of hydrogen-bond donors (Lipinski definition) is 0. The van der Waals surface area contributed by atoms with Gasteiger partial charge in [-0.3, -0.25) is 9.59 Å². The molecule has 7 nitrogen and oxygen atoms in total. The molecule has 0 aliphatic carbocycles. The number of aryl methyl sites for hydroxylation is 1. The Morgan fingerprint density at radius 3 is 2.44 bits per heavy atom. The fourth-order valence-corrected chi connectivity index (χ4v) is 2.56. The third kappa shape index (κ3) is 5.57. The summed E-state index contributed by atoms with van der Waals surface area (Å²) in [4.78, 5) is 36.9. The third-order valence-corrected chi connectivity index (χ3v) is 3.92. The molecule has 1 aromatic carbocycles. The third-order valence-electron chi connectivity index (χ3n) is 3.92. The number of ether oxygens (including phenoxy) is 2. The van der Waals surface area contributed by atoms with E-state index < -0.39 is 17.9 Å². The summed E-state index contributed by atoms with van der Waals surface area (Å²) >= 11 is 0. The Morgan fingerprint density at radius 1 is 1.11 bits per heavy atom. The van der Waals surface area contributed by atoms with Crippen LogP contribution in [0, 0.1) is 5.92 Å². The molecule has 0 saturated heterocycles. The van der Waals surface area contributed by atoms with Crippen LogP contribution in [0.15, 0.2) is 29.5 Å². The summed E-state index contributed by atoms with van der Waals surface area (Å²) in [7, 11) is 0. The number of esters is 2. The number of carbonyl (C=O) groups excluding carboxylic acids is 2. The number of aliphatic imine (C=N–C) groups is 1. The van der Waals surface area contributed by atoms with E-state index in [1.807, 2.05) is 18.2 Å². The average molecular weight is 371 g/mol. The van der Waals surface area contributed by atoms with Gasteiger partial charge in [-0.05, 0) is 44.4 Å². The van der Waals surface area contributed by atoms with Gasteiger partial charge in [0.1, 0.15) is 6.33 Å². The lowest BCUT2D eigenvalue weighted by Gasteiger charge is -2.10. The summed E-state index contributed by atoms with van der Waals surface area (Å²) < 4.78 is 9.89. The van der Waals surface area contributed by atoms with E-state index in [4.69, 9.17) is 9.47 Å². The SMILES string of the molecule is CCCCc1ccc2ncnc(N=CC(C(=O)OCC)C(=O)OCC)c2c1. The lowest BCUT2D eigenvalue weighted by atomic mass is 10.1. The summed E-state index contributed by atoms with van der Waals surface area (Å²) in [6.45, 7) is 5.82. The van der Waals surface area contributed by atoms with Crippen LogP contribution in [0.4, 0.5) is 5.82 Å². The number of rotatable bonds is 9. The Kier molecular flexibility index (Phi) is 7.85. The minimum atomic E-state index is -1.22. The van der Waals surface area contributed by atoms with E-state index in [2.05, 4.69) is 21.9 Å². The van der Waals surface area contributed by atoms with Gasteiger partial charge < -0.3 is 9.47 Å². The van der Waals surface area contributed by atoms with Crippen LogP contribution in [-0.2, 0) is 25.5 Å². The number of fused-ring (bicyclic) bond motifs is 1. The highest BCUT2D eigenvalue weighted by molar-refractivity contribution is 6.09. The van der Waals surface area contributed by atoms with Gasteiger partial charge in [-0.2, -0.15) is 0 Å². The van der Waals surface area contributed by atoms with Crippen molar-refractivity contribution in [3.63, 3.8) is 0 Å². The standard InChI is InChI=1S/C20H25N3O4/c1-4-7-8-14-9-10-17-15(11-14)18(23-13-22-17)21-12-16(19(24)26-5-2)20(25)27-6-3/h9-13,16H,4-8H2,1-3H3. The molecule has 2 rings (SSSR count). The number of aromatic nitrogens is 2. The van der Waals surface area contributed by atoms with Crippen molar-refractivity contribution in [1.82, 2.24) is 9.97 Å². The fraction of sp³-hybridized carbons (Fsp3) is 0.450. The number of nitrogens with zero attached hydrogens (tertiary/aromatic N) is 3. The molecule has 1 heterocycles. The molecule has 0 radical (unpaired) electrons. The van der Waals surface area contributed by atoms with Gasteiger partial charge in [0.15, 0.2) is 11.7 Å². The predicted molar refractivity (Wildman–Crippen MR) is 103 cm³/mol. The average Bonchev–Trinajstić information content (AvgIpc) is 2.67. The lowest BCUT2D eigenvalue weighted by Crippen LogP contribution is -2.29. The van der Waals surface area contributed by atoms with E-state index in [9.17, 15) is 9.59 Å². The molecule has 0 amide bonds. The normalized spacial score (nSPS) is 11.3. The largest absolute Gasteiger partial charge is 0.465 e. The van der Waals surface area contributed by atoms with Crippen LogP contribution in [0.3, 0.4) is 0 Å². The molecule has 0 N–H and O–H groups in total. The molecule has 0 unspecified atom stereocenters. The first kappa shape index (κ1) is 20.5. The second-order valence-electron chi connectivity index (χ2n) is 5.91. The Hall–Kier alpha value is -2.83. The van der Waals surface area contributed by atoms with E-state index in [-0.39, 0.29) is 13.2 Å². The second-order valence-corrected chi connectivity index (χ2v) is 5.91. The number of carbonyl (C=O) groups is 2. The zero-order valence-electron chi connectivity index (χ0n) is 16.0. The number of unbranched alkanes of at least 4 members (excludes halogenated alkanes) is 1. The Bertz CT molecular complexity index is 802. The van der Waals surface area contributed by atoms with E-state index in [1.54, 1.807) is 13.8 Å². The molecule has 0 bridgehead atoms. The van der Waals surface area contributed by atoms with Gasteiger partial charge in [-0.1, -0.05) is 19.4 Å². The fourth-order valence-electron chi connectivity index (χ4n) is 2.56. The zero-order valence-corrected chi connectivity index (χ0v) is 16.0. The summed E-state index contributed by atoms with van der Waals surface area (Å²) in [6, 6.07) is 5.97. The smallest absolute Gasteiger partial charge is 0.325 e. The maximum absolute atomic E-state index is 12.1. The minimum absolute atomic E-state index is 0.166. The van der Waals surface area contributed by atoms with E-state index in [1.165, 1.54) is 18.1 Å². The van der Waals surface area contributed by atoms with Crippen LogP contribution in [0.1, 0.15) is 39.2 Å². The van der Waals surface area contributed by atoms with Gasteiger partial charge in [-0.15, -0.1) is 0 Å². The maximum atomic E-state index is 12.1. The van der Waals surface area contributed by atoms with Gasteiger partial charge >= 0.3 is 11.9 Å². The molecule has 0 fully saturated rings. The molecule has 0 atom stereocenters. The highest BCUT2D eigenvalue weighted by Crippen LogP contribution is 2.24. The van der Waals surface area contributed by atoms with Crippen molar-refractivity contribution in [2.45, 2.75) is 40.0 Å². The molecule has 144 valence electrons. The lowest BCUT2D eigenvalue weighted by molar-refractivity contribution is -0.157. The van der Waals surface area contributed by atoms with Crippen molar-refractivity contribution < 1.29 is 19.1 Å². The number of hydrogen-bond acceptors (Lipinski definition) is 7. The Labute approximate surface area is 158 Å². The monoisotopic (exact) mass is 371 g/mol. The highest BCUT2D eigenvalue weighted by atomic mass is 16.6. The Morgan fingerprint density at radius 2 is 1.81 bits per heavy atom. The first-order chi connectivity index (χ1) is 13.1. The molecule has 2 aromatic rings. The molecule has 0 spiro atoms. The predicted octanol–water partition coefficient (Wildman–Crippen LogP) is 3.42. The van der Waals surface area contributed by atoms with E-state index in [0.29, 0.717) is 5.82 Å². The summed E-state index contributed by atoms with van der Waals surface area (Å²) in [6.07, 6.45) is 5.79. The van der Waals surface area contributed by atoms with E-state index >= 15 is 0 Å². The van der Waals surface area contributed by atoms with Gasteiger partial charge in [-0.25, -0.2) is 15.0 Å². The van der Waals surface area contributed by atoms with Crippen molar-refractivity contribution in [3.05, 3.63) is 30.1 Å². The first-order valence-corrected chi connectivity index (χ1v) is 9.21. The summed E-state index contributed by atoms with van der Waals surface area (Å²) in [5.41, 5.74) is 1.92. The molecule has 0 saturated carbocycles. The van der Waals surface area contributed by atoms with Gasteiger partial charge in [0.05, 0.1) is 18.7 Å². The second kappa shape index (κ2) is 10.4. The first-order valence-electron chi connectivity index (χ1n) is 9.21. The quantitative estimate of drug-likeness (QED) is 0.381. The molecule has 1 aromatic heterocycles. The van der Waals surface area contributed by atoms with Crippen molar-refractivity contribution in [2.75, 3.05) is 13.2 Å². The van der Waals surface area contributed by atoms with E-state index in [0.717, 1.165) is 30.2 Å². The van der Waals surface area contributed by atoms with Gasteiger partial charge in [0.2, 0.25) is 0 Å². The van der Waals surface area contributed by atoms with Crippen LogP contribution in [0.2, 0.25) is 0 Å². The van der Waals surface area contributed by atoms with Crippen LogP contribution < -0.4 is 0 Å². The molecule has 0 aliphatic heterocycles. The van der Waals surface area contributed by atoms with Crippen LogP contribution in [0.25, 0.3) is 10.9 Å². The molecular formula is C20H25N3O4. The summed E-state index contributed by atoms with van der Waals surface area (Å²) in [5.74, 6) is -2.21. The molecule has 27 heavy (non-hydrogen) atoms. The molecular weight excluding hydrogens is 346 g/mol. The van der Waals surface area contributed by atoms with Crippen molar-refractivity contribution in [2.24, 2.45) is 10.9 Å². The maximum Gasteiger partial charge on any atom is 0.325 e. The zero-order chi connectivity index (χ0) is 19.6. The highest BCUT2D eigenvalue weighted by Gasteiger charge is 2.27. The van der Waals surface area contributed by atoms with Crippen molar-refractivity contribution in [3.8, 4) is 0 Å². The van der Waals surface area contributed by atoms with Crippen LogP contribution in [-0.4, -0.2) is 41.3 Å². The van der Waals surface area contributed by atoms with Gasteiger partial charge in [0, 0.05) is 11.6 Å². The van der Waals surface area contributed by atoms with Crippen molar-refractivity contribution in [1.29, 1.82) is 0 Å². The topological polar surface area (TPSA) is 90.7 Å². The Balaban J connectivity index is 2.35. The van der Waals surface area contributed by atoms with Crippen LogP contribution in [0.5, 0.6) is 0 Å². The van der Waals surface area contributed by atoms with Gasteiger partial charge in [0.25, 0.3) is 0 Å². The molecule has 0 aliphatic rings.